The molecule has 11 heteroatoms. The molecule has 1 unspecified atom stereocenters. The second-order valence-electron chi connectivity index (χ2n) is 8.64. The molecule has 1 aromatic heterocycles. The summed E-state index contributed by atoms with van der Waals surface area (Å²) < 4.78 is 63.5. The van der Waals surface area contributed by atoms with Crippen molar-refractivity contribution in [2.24, 2.45) is 0 Å². The standard InChI is InChI=1S/C24H25F3N4O3S/c1-35(33,34)30-20-12-13-31(15-20)22-10-5-17-14-19(8-9-21(17)29-22)28-23(32)11-4-16-2-6-18(7-3-16)24(25,26)27/h2-3,5-10,14,20,30H,4,11-13,15H2,1H3,(H,28,32). The Morgan fingerprint density at radius 2 is 1.86 bits per heavy atom. The minimum absolute atomic E-state index is 0.137. The fraction of sp³-hybridized carbons (Fsp3) is 0.333. The highest BCUT2D eigenvalue weighted by Crippen LogP contribution is 2.29. The number of benzene rings is 2. The molecule has 0 spiro atoms. The fourth-order valence-electron chi connectivity index (χ4n) is 4.08. The van der Waals surface area contributed by atoms with E-state index in [0.29, 0.717) is 37.2 Å². The predicted octanol–water partition coefficient (Wildman–Crippen LogP) is 3.95. The number of nitrogens with one attached hydrogen (secondary N) is 2. The van der Waals surface area contributed by atoms with Crippen molar-refractivity contribution in [3.8, 4) is 0 Å². The summed E-state index contributed by atoms with van der Waals surface area (Å²) in [4.78, 5) is 19.0. The van der Waals surface area contributed by atoms with E-state index in [1.54, 1.807) is 18.2 Å². The second kappa shape index (κ2) is 9.82. The molecule has 3 aromatic rings. The van der Waals surface area contributed by atoms with Gasteiger partial charge >= 0.3 is 6.18 Å². The molecule has 1 atom stereocenters. The number of hydrogen-bond donors (Lipinski definition) is 2. The Kier molecular flexibility index (Phi) is 7.00. The lowest BCUT2D eigenvalue weighted by molar-refractivity contribution is -0.137. The van der Waals surface area contributed by atoms with Crippen LogP contribution in [0.15, 0.2) is 54.6 Å². The summed E-state index contributed by atoms with van der Waals surface area (Å²) in [5, 5.41) is 3.65. The van der Waals surface area contributed by atoms with Crippen LogP contribution in [0.2, 0.25) is 0 Å². The fourth-order valence-corrected chi connectivity index (χ4v) is 4.88. The minimum atomic E-state index is -4.38. The van der Waals surface area contributed by atoms with E-state index in [9.17, 15) is 26.4 Å². The Bertz CT molecular complexity index is 1330. The maximum absolute atomic E-state index is 12.7. The van der Waals surface area contributed by atoms with E-state index in [2.05, 4.69) is 15.0 Å². The van der Waals surface area contributed by atoms with E-state index in [4.69, 9.17) is 0 Å². The quantitative estimate of drug-likeness (QED) is 0.506. The smallest absolute Gasteiger partial charge is 0.355 e. The van der Waals surface area contributed by atoms with Crippen LogP contribution in [0.25, 0.3) is 10.9 Å². The first-order valence-corrected chi connectivity index (χ1v) is 12.9. The lowest BCUT2D eigenvalue weighted by atomic mass is 10.1. The van der Waals surface area contributed by atoms with Crippen LogP contribution in [-0.4, -0.2) is 44.7 Å². The number of nitrogens with zero attached hydrogens (tertiary/aromatic N) is 2. The van der Waals surface area contributed by atoms with Crippen molar-refractivity contribution in [2.45, 2.75) is 31.5 Å². The van der Waals surface area contributed by atoms with Gasteiger partial charge in [-0.3, -0.25) is 4.79 Å². The van der Waals surface area contributed by atoms with Crippen LogP contribution in [0.4, 0.5) is 24.7 Å². The van der Waals surface area contributed by atoms with Gasteiger partial charge < -0.3 is 10.2 Å². The van der Waals surface area contributed by atoms with Crippen LogP contribution in [-0.2, 0) is 27.4 Å². The second-order valence-corrected chi connectivity index (χ2v) is 10.4. The molecular formula is C24H25F3N4O3S. The Morgan fingerprint density at radius 1 is 1.11 bits per heavy atom. The molecule has 1 aliphatic heterocycles. The number of carbonyl (C=O) groups is 1. The minimum Gasteiger partial charge on any atom is -0.355 e. The van der Waals surface area contributed by atoms with Crippen LogP contribution in [0.3, 0.4) is 0 Å². The molecule has 0 aliphatic carbocycles. The molecule has 1 aliphatic rings. The first kappa shape index (κ1) is 24.9. The molecule has 2 heterocycles. The number of fused-ring (bicyclic) bond motifs is 1. The maximum Gasteiger partial charge on any atom is 0.416 e. The summed E-state index contributed by atoms with van der Waals surface area (Å²) in [7, 11) is -3.26. The van der Waals surface area contributed by atoms with Gasteiger partial charge in [-0.2, -0.15) is 13.2 Å². The Labute approximate surface area is 201 Å². The average molecular weight is 507 g/mol. The number of sulfonamides is 1. The number of carbonyl (C=O) groups excluding carboxylic acids is 1. The van der Waals surface area contributed by atoms with E-state index in [1.807, 2.05) is 17.0 Å². The Balaban J connectivity index is 1.34. The monoisotopic (exact) mass is 506 g/mol. The first-order chi connectivity index (χ1) is 16.5. The summed E-state index contributed by atoms with van der Waals surface area (Å²) >= 11 is 0. The van der Waals surface area contributed by atoms with Crippen LogP contribution in [0.1, 0.15) is 24.0 Å². The van der Waals surface area contributed by atoms with Crippen LogP contribution < -0.4 is 14.9 Å². The number of hydrogen-bond acceptors (Lipinski definition) is 5. The third-order valence-electron chi connectivity index (χ3n) is 5.77. The van der Waals surface area contributed by atoms with Gasteiger partial charge in [0.1, 0.15) is 5.82 Å². The zero-order chi connectivity index (χ0) is 25.2. The summed E-state index contributed by atoms with van der Waals surface area (Å²) in [5.74, 6) is 0.513. The number of rotatable bonds is 7. The van der Waals surface area contributed by atoms with Crippen LogP contribution >= 0.6 is 0 Å². The Hall–Kier alpha value is -3.18. The summed E-state index contributed by atoms with van der Waals surface area (Å²) in [6.07, 6.45) is -2.07. The van der Waals surface area contributed by atoms with Gasteiger partial charge in [-0.1, -0.05) is 12.1 Å². The molecule has 35 heavy (non-hydrogen) atoms. The number of alkyl halides is 3. The van der Waals surface area contributed by atoms with E-state index < -0.39 is 21.8 Å². The number of pyridine rings is 1. The highest BCUT2D eigenvalue weighted by molar-refractivity contribution is 7.88. The highest BCUT2D eigenvalue weighted by atomic mass is 32.2. The molecule has 1 fully saturated rings. The van der Waals surface area contributed by atoms with Gasteiger partial charge in [0.15, 0.2) is 0 Å². The predicted molar refractivity (Wildman–Crippen MR) is 129 cm³/mol. The van der Waals surface area contributed by atoms with Gasteiger partial charge in [0.05, 0.1) is 17.3 Å². The lowest BCUT2D eigenvalue weighted by Crippen LogP contribution is -2.36. The summed E-state index contributed by atoms with van der Waals surface area (Å²) in [6, 6.07) is 13.8. The largest absolute Gasteiger partial charge is 0.416 e. The molecule has 1 amide bonds. The first-order valence-electron chi connectivity index (χ1n) is 11.1. The molecule has 2 N–H and O–H groups in total. The molecule has 186 valence electrons. The molecule has 7 nitrogen and oxygen atoms in total. The van der Waals surface area contributed by atoms with E-state index in [1.165, 1.54) is 12.1 Å². The van der Waals surface area contributed by atoms with Gasteiger partial charge in [0.2, 0.25) is 15.9 Å². The zero-order valence-corrected chi connectivity index (χ0v) is 19.8. The van der Waals surface area contributed by atoms with Gasteiger partial charge in [-0.25, -0.2) is 18.1 Å². The lowest BCUT2D eigenvalue weighted by Gasteiger charge is -2.18. The molecule has 2 aromatic carbocycles. The summed E-state index contributed by atoms with van der Waals surface area (Å²) in [6.45, 7) is 1.23. The van der Waals surface area contributed by atoms with Crippen molar-refractivity contribution in [1.29, 1.82) is 0 Å². The topological polar surface area (TPSA) is 91.4 Å². The number of anilines is 2. The van der Waals surface area contributed by atoms with Crippen LogP contribution in [0, 0.1) is 0 Å². The van der Waals surface area contributed by atoms with Crippen molar-refractivity contribution >= 4 is 38.3 Å². The van der Waals surface area contributed by atoms with E-state index in [0.717, 1.165) is 35.1 Å². The average Bonchev–Trinajstić information content (AvgIpc) is 3.24. The van der Waals surface area contributed by atoms with E-state index >= 15 is 0 Å². The van der Waals surface area contributed by atoms with Crippen molar-refractivity contribution in [2.75, 3.05) is 29.6 Å². The molecule has 4 rings (SSSR count). The maximum atomic E-state index is 12.7. The van der Waals surface area contributed by atoms with Crippen molar-refractivity contribution in [3.63, 3.8) is 0 Å². The van der Waals surface area contributed by atoms with Gasteiger partial charge in [-0.05, 0) is 60.9 Å². The molecular weight excluding hydrogens is 481 g/mol. The number of aromatic nitrogens is 1. The van der Waals surface area contributed by atoms with Crippen molar-refractivity contribution in [3.05, 3.63) is 65.7 Å². The third kappa shape index (κ3) is 6.70. The van der Waals surface area contributed by atoms with Crippen LogP contribution in [0.5, 0.6) is 0 Å². The number of aryl methyl sites for hydroxylation is 1. The van der Waals surface area contributed by atoms with Crippen molar-refractivity contribution < 1.29 is 26.4 Å². The third-order valence-corrected chi connectivity index (χ3v) is 6.53. The van der Waals surface area contributed by atoms with Gasteiger partial charge in [0, 0.05) is 36.6 Å². The summed E-state index contributed by atoms with van der Waals surface area (Å²) in [5.41, 5.74) is 1.28. The van der Waals surface area contributed by atoms with Crippen molar-refractivity contribution in [1.82, 2.24) is 9.71 Å². The molecule has 0 saturated carbocycles. The number of amides is 1. The highest BCUT2D eigenvalue weighted by Gasteiger charge is 2.30. The Morgan fingerprint density at radius 3 is 2.54 bits per heavy atom. The van der Waals surface area contributed by atoms with Gasteiger partial charge in [0.25, 0.3) is 0 Å². The molecule has 0 radical (unpaired) electrons. The van der Waals surface area contributed by atoms with E-state index in [-0.39, 0.29) is 18.4 Å². The SMILES string of the molecule is CS(=O)(=O)NC1CCN(c2ccc3cc(NC(=O)CCc4ccc(C(F)(F)F)cc4)ccc3n2)C1. The van der Waals surface area contributed by atoms with Gasteiger partial charge in [-0.15, -0.1) is 0 Å². The normalized spacial score (nSPS) is 16.6. The number of halogens is 3. The molecule has 1 saturated heterocycles. The molecule has 0 bridgehead atoms. The zero-order valence-electron chi connectivity index (χ0n) is 19.0.